The van der Waals surface area contributed by atoms with E-state index in [0.29, 0.717) is 10.6 Å². The van der Waals surface area contributed by atoms with E-state index in [4.69, 9.17) is 11.6 Å². The SMILES string of the molecule is COC(=O)C(Cc1cccc(Cl)c1)[N+](=O)[O-]. The zero-order valence-corrected chi connectivity index (χ0v) is 9.31. The summed E-state index contributed by atoms with van der Waals surface area (Å²) in [5.41, 5.74) is 0.625. The summed E-state index contributed by atoms with van der Waals surface area (Å²) < 4.78 is 4.36. The minimum Gasteiger partial charge on any atom is -0.464 e. The Morgan fingerprint density at radius 2 is 2.31 bits per heavy atom. The molecule has 1 aromatic rings. The summed E-state index contributed by atoms with van der Waals surface area (Å²) in [6.45, 7) is 0. The number of ether oxygens (including phenoxy) is 1. The van der Waals surface area contributed by atoms with Crippen molar-refractivity contribution in [1.82, 2.24) is 0 Å². The van der Waals surface area contributed by atoms with Gasteiger partial charge >= 0.3 is 12.0 Å². The van der Waals surface area contributed by atoms with Crippen molar-refractivity contribution in [3.8, 4) is 0 Å². The molecule has 0 aromatic heterocycles. The third-order valence-corrected chi connectivity index (χ3v) is 2.28. The molecule has 0 heterocycles. The molecule has 0 aliphatic heterocycles. The van der Waals surface area contributed by atoms with Gasteiger partial charge in [0.05, 0.1) is 13.5 Å². The lowest BCUT2D eigenvalue weighted by Crippen LogP contribution is -2.32. The van der Waals surface area contributed by atoms with E-state index in [1.807, 2.05) is 0 Å². The average molecular weight is 244 g/mol. The van der Waals surface area contributed by atoms with Crippen LogP contribution in [0.1, 0.15) is 5.56 Å². The molecule has 0 saturated carbocycles. The molecule has 0 aliphatic carbocycles. The lowest BCUT2D eigenvalue weighted by atomic mass is 10.1. The van der Waals surface area contributed by atoms with Crippen molar-refractivity contribution in [1.29, 1.82) is 0 Å². The molecule has 0 spiro atoms. The van der Waals surface area contributed by atoms with Crippen LogP contribution in [0.2, 0.25) is 5.02 Å². The van der Waals surface area contributed by atoms with E-state index >= 15 is 0 Å². The van der Waals surface area contributed by atoms with Gasteiger partial charge in [-0.3, -0.25) is 10.1 Å². The van der Waals surface area contributed by atoms with Gasteiger partial charge in [-0.05, 0) is 17.7 Å². The normalized spacial score (nSPS) is 11.9. The molecule has 0 amide bonds. The first kappa shape index (κ1) is 12.4. The van der Waals surface area contributed by atoms with Gasteiger partial charge in [0, 0.05) is 9.95 Å². The van der Waals surface area contributed by atoms with Crippen LogP contribution in [-0.2, 0) is 16.0 Å². The highest BCUT2D eigenvalue weighted by Gasteiger charge is 2.30. The number of esters is 1. The first-order valence-corrected chi connectivity index (χ1v) is 4.88. The zero-order valence-electron chi connectivity index (χ0n) is 8.55. The number of rotatable bonds is 4. The molecule has 1 unspecified atom stereocenters. The van der Waals surface area contributed by atoms with Gasteiger partial charge in [0.25, 0.3) is 0 Å². The second-order valence-electron chi connectivity index (χ2n) is 3.16. The average Bonchev–Trinajstić information content (AvgIpc) is 2.24. The molecule has 0 fully saturated rings. The molecule has 16 heavy (non-hydrogen) atoms. The van der Waals surface area contributed by atoms with Crippen molar-refractivity contribution in [3.05, 3.63) is 45.0 Å². The topological polar surface area (TPSA) is 69.4 Å². The molecule has 1 atom stereocenters. The molecule has 6 heteroatoms. The fourth-order valence-electron chi connectivity index (χ4n) is 1.27. The standard InChI is InChI=1S/C10H10ClNO4/c1-16-10(13)9(12(14)15)6-7-3-2-4-8(11)5-7/h2-5,9H,6H2,1H3. The van der Waals surface area contributed by atoms with Crippen LogP contribution in [0.3, 0.4) is 0 Å². The lowest BCUT2D eigenvalue weighted by Gasteiger charge is -2.07. The number of nitrogens with zero attached hydrogens (tertiary/aromatic N) is 1. The van der Waals surface area contributed by atoms with Crippen LogP contribution in [0.5, 0.6) is 0 Å². The molecule has 0 radical (unpaired) electrons. The summed E-state index contributed by atoms with van der Waals surface area (Å²) in [5.74, 6) is -0.857. The molecule has 0 aliphatic rings. The number of carbonyl (C=O) groups excluding carboxylic acids is 1. The van der Waals surface area contributed by atoms with E-state index in [0.717, 1.165) is 7.11 Å². The van der Waals surface area contributed by atoms with E-state index in [9.17, 15) is 14.9 Å². The van der Waals surface area contributed by atoms with Crippen LogP contribution in [-0.4, -0.2) is 24.0 Å². The van der Waals surface area contributed by atoms with Crippen LogP contribution in [0.4, 0.5) is 0 Å². The third kappa shape index (κ3) is 3.20. The Morgan fingerprint density at radius 1 is 1.62 bits per heavy atom. The number of methoxy groups -OCH3 is 1. The summed E-state index contributed by atoms with van der Waals surface area (Å²) in [7, 11) is 1.12. The largest absolute Gasteiger partial charge is 0.464 e. The molecule has 0 N–H and O–H groups in total. The van der Waals surface area contributed by atoms with Crippen LogP contribution < -0.4 is 0 Å². The first-order valence-electron chi connectivity index (χ1n) is 4.50. The highest BCUT2D eigenvalue weighted by molar-refractivity contribution is 6.30. The van der Waals surface area contributed by atoms with Gasteiger partial charge in [-0.2, -0.15) is 0 Å². The van der Waals surface area contributed by atoms with Crippen LogP contribution in [0.25, 0.3) is 0 Å². The molecular weight excluding hydrogens is 234 g/mol. The predicted molar refractivity (Wildman–Crippen MR) is 58.0 cm³/mol. The van der Waals surface area contributed by atoms with Gasteiger partial charge < -0.3 is 4.74 Å². The number of hydrogen-bond acceptors (Lipinski definition) is 4. The minimum atomic E-state index is -1.39. The van der Waals surface area contributed by atoms with Crippen molar-refractivity contribution in [3.63, 3.8) is 0 Å². The Morgan fingerprint density at radius 3 is 2.81 bits per heavy atom. The molecule has 86 valence electrons. The van der Waals surface area contributed by atoms with E-state index in [-0.39, 0.29) is 6.42 Å². The summed E-state index contributed by atoms with van der Waals surface area (Å²) in [6.07, 6.45) is -0.0275. The number of nitro groups is 1. The Bertz CT molecular complexity index is 408. The van der Waals surface area contributed by atoms with Crippen LogP contribution >= 0.6 is 11.6 Å². The number of benzene rings is 1. The van der Waals surface area contributed by atoms with Crippen molar-refractivity contribution >= 4 is 17.6 Å². The fraction of sp³-hybridized carbons (Fsp3) is 0.300. The first-order chi connectivity index (χ1) is 7.54. The highest BCUT2D eigenvalue weighted by Crippen LogP contribution is 2.13. The smallest absolute Gasteiger partial charge is 0.381 e. The maximum atomic E-state index is 11.1. The van der Waals surface area contributed by atoms with E-state index < -0.39 is 16.9 Å². The van der Waals surface area contributed by atoms with Crippen molar-refractivity contribution < 1.29 is 14.5 Å². The third-order valence-electron chi connectivity index (χ3n) is 2.05. The van der Waals surface area contributed by atoms with E-state index in [1.165, 1.54) is 0 Å². The van der Waals surface area contributed by atoms with Gasteiger partial charge in [-0.1, -0.05) is 23.7 Å². The van der Waals surface area contributed by atoms with Crippen LogP contribution in [0, 0.1) is 10.1 Å². The molecular formula is C10H10ClNO4. The Hall–Kier alpha value is -1.62. The second-order valence-corrected chi connectivity index (χ2v) is 3.59. The highest BCUT2D eigenvalue weighted by atomic mass is 35.5. The Kier molecular flexibility index (Phi) is 4.25. The lowest BCUT2D eigenvalue weighted by molar-refractivity contribution is -0.509. The molecule has 1 aromatic carbocycles. The maximum absolute atomic E-state index is 11.1. The molecule has 5 nitrogen and oxygen atoms in total. The maximum Gasteiger partial charge on any atom is 0.381 e. The Balaban J connectivity index is 2.84. The second kappa shape index (κ2) is 5.46. The monoisotopic (exact) mass is 243 g/mol. The number of hydrogen-bond donors (Lipinski definition) is 0. The van der Waals surface area contributed by atoms with Crippen LogP contribution in [0.15, 0.2) is 24.3 Å². The summed E-state index contributed by atoms with van der Waals surface area (Å²) in [4.78, 5) is 21.1. The molecule has 0 saturated heterocycles. The Labute approximate surface area is 97.1 Å². The van der Waals surface area contributed by atoms with Gasteiger partial charge in [-0.25, -0.2) is 4.79 Å². The quantitative estimate of drug-likeness (QED) is 0.459. The van der Waals surface area contributed by atoms with E-state index in [1.54, 1.807) is 24.3 Å². The van der Waals surface area contributed by atoms with Crippen molar-refractivity contribution in [2.45, 2.75) is 12.5 Å². The minimum absolute atomic E-state index is 0.0275. The molecule has 1 rings (SSSR count). The van der Waals surface area contributed by atoms with Gasteiger partial charge in [0.2, 0.25) is 0 Å². The van der Waals surface area contributed by atoms with Crippen molar-refractivity contribution in [2.75, 3.05) is 7.11 Å². The van der Waals surface area contributed by atoms with Gasteiger partial charge in [0.15, 0.2) is 0 Å². The fourth-order valence-corrected chi connectivity index (χ4v) is 1.48. The molecule has 0 bridgehead atoms. The summed E-state index contributed by atoms with van der Waals surface area (Å²) >= 11 is 5.74. The van der Waals surface area contributed by atoms with Gasteiger partial charge in [-0.15, -0.1) is 0 Å². The predicted octanol–water partition coefficient (Wildman–Crippen LogP) is 1.70. The zero-order chi connectivity index (χ0) is 12.1. The summed E-state index contributed by atoms with van der Waals surface area (Å²) in [6, 6.07) is 5.20. The summed E-state index contributed by atoms with van der Waals surface area (Å²) in [5, 5.41) is 11.1. The van der Waals surface area contributed by atoms with Gasteiger partial charge in [0.1, 0.15) is 0 Å². The van der Waals surface area contributed by atoms with E-state index in [2.05, 4.69) is 4.74 Å². The number of halogens is 1. The van der Waals surface area contributed by atoms with Crippen molar-refractivity contribution in [2.24, 2.45) is 0 Å². The number of carbonyl (C=O) groups is 1.